The van der Waals surface area contributed by atoms with Gasteiger partial charge in [-0.2, -0.15) is 0 Å². The Bertz CT molecular complexity index is 246. The molecule has 0 aliphatic heterocycles. The highest BCUT2D eigenvalue weighted by Crippen LogP contribution is 2.25. The summed E-state index contributed by atoms with van der Waals surface area (Å²) < 4.78 is 0. The van der Waals surface area contributed by atoms with Crippen molar-refractivity contribution in [1.29, 1.82) is 0 Å². The SMILES string of the molecule is CC(CO)NC(c1cccs1)C(C)C. The number of thiophene rings is 1. The maximum absolute atomic E-state index is 9.00. The van der Waals surface area contributed by atoms with Crippen LogP contribution >= 0.6 is 11.3 Å². The van der Waals surface area contributed by atoms with Crippen LogP contribution in [0.15, 0.2) is 17.5 Å². The molecule has 0 aromatic carbocycles. The van der Waals surface area contributed by atoms with E-state index in [1.807, 2.05) is 6.92 Å². The minimum atomic E-state index is 0.157. The first-order valence-corrected chi connectivity index (χ1v) is 5.93. The lowest BCUT2D eigenvalue weighted by atomic mass is 10.0. The van der Waals surface area contributed by atoms with Gasteiger partial charge in [-0.1, -0.05) is 19.9 Å². The number of rotatable bonds is 5. The Kier molecular flexibility index (Phi) is 4.58. The minimum Gasteiger partial charge on any atom is -0.395 e. The van der Waals surface area contributed by atoms with Gasteiger partial charge in [-0.05, 0) is 24.3 Å². The molecule has 2 N–H and O–H groups in total. The van der Waals surface area contributed by atoms with E-state index in [-0.39, 0.29) is 12.6 Å². The number of aliphatic hydroxyl groups excluding tert-OH is 1. The number of nitrogens with one attached hydrogen (secondary N) is 1. The van der Waals surface area contributed by atoms with Crippen LogP contribution in [0, 0.1) is 5.92 Å². The summed E-state index contributed by atoms with van der Waals surface area (Å²) in [6.45, 7) is 6.58. The van der Waals surface area contributed by atoms with E-state index in [1.54, 1.807) is 11.3 Å². The van der Waals surface area contributed by atoms with Crippen LogP contribution in [0.3, 0.4) is 0 Å². The van der Waals surface area contributed by atoms with Crippen LogP contribution in [0.2, 0.25) is 0 Å². The summed E-state index contributed by atoms with van der Waals surface area (Å²) in [6, 6.07) is 4.73. The second-order valence-electron chi connectivity index (χ2n) is 3.99. The molecular weight excluding hydrogens is 194 g/mol. The predicted octanol–water partition coefficient (Wildman–Crippen LogP) is 2.42. The molecule has 0 fully saturated rings. The van der Waals surface area contributed by atoms with E-state index in [0.29, 0.717) is 12.0 Å². The van der Waals surface area contributed by atoms with Gasteiger partial charge in [0, 0.05) is 17.0 Å². The number of hydrogen-bond donors (Lipinski definition) is 2. The third-order valence-electron chi connectivity index (χ3n) is 2.25. The summed E-state index contributed by atoms with van der Waals surface area (Å²) in [5.74, 6) is 0.544. The van der Waals surface area contributed by atoms with Gasteiger partial charge in [0.25, 0.3) is 0 Å². The van der Waals surface area contributed by atoms with Gasteiger partial charge in [0.05, 0.1) is 6.61 Å². The van der Waals surface area contributed by atoms with Gasteiger partial charge in [-0.25, -0.2) is 0 Å². The number of hydrogen-bond acceptors (Lipinski definition) is 3. The normalized spacial score (nSPS) is 15.8. The molecule has 0 saturated carbocycles. The zero-order valence-corrected chi connectivity index (χ0v) is 9.84. The van der Waals surface area contributed by atoms with Gasteiger partial charge in [-0.3, -0.25) is 0 Å². The predicted molar refractivity (Wildman–Crippen MR) is 61.6 cm³/mol. The molecular formula is C11H19NOS. The second kappa shape index (κ2) is 5.49. The van der Waals surface area contributed by atoms with Gasteiger partial charge >= 0.3 is 0 Å². The Hall–Kier alpha value is -0.380. The fraction of sp³-hybridized carbons (Fsp3) is 0.636. The molecule has 0 bridgehead atoms. The van der Waals surface area contributed by atoms with Crippen LogP contribution in [0.4, 0.5) is 0 Å². The Morgan fingerprint density at radius 3 is 2.57 bits per heavy atom. The summed E-state index contributed by atoms with van der Waals surface area (Å²) >= 11 is 1.77. The first-order chi connectivity index (χ1) is 6.65. The fourth-order valence-electron chi connectivity index (χ4n) is 1.43. The van der Waals surface area contributed by atoms with Crippen molar-refractivity contribution in [3.8, 4) is 0 Å². The van der Waals surface area contributed by atoms with Crippen molar-refractivity contribution >= 4 is 11.3 Å². The average Bonchev–Trinajstić information content (AvgIpc) is 2.65. The van der Waals surface area contributed by atoms with Gasteiger partial charge in [0.2, 0.25) is 0 Å². The zero-order valence-electron chi connectivity index (χ0n) is 9.03. The summed E-state index contributed by atoms with van der Waals surface area (Å²) in [5.41, 5.74) is 0. The molecule has 2 atom stereocenters. The molecule has 0 aliphatic carbocycles. The average molecular weight is 213 g/mol. The third kappa shape index (κ3) is 3.08. The zero-order chi connectivity index (χ0) is 10.6. The first-order valence-electron chi connectivity index (χ1n) is 5.05. The fourth-order valence-corrected chi connectivity index (χ4v) is 2.39. The van der Waals surface area contributed by atoms with Crippen LogP contribution in [-0.4, -0.2) is 17.8 Å². The van der Waals surface area contributed by atoms with Crippen molar-refractivity contribution in [2.24, 2.45) is 5.92 Å². The highest BCUT2D eigenvalue weighted by atomic mass is 32.1. The monoisotopic (exact) mass is 213 g/mol. The highest BCUT2D eigenvalue weighted by molar-refractivity contribution is 7.10. The standard InChI is InChI=1S/C11H19NOS/c1-8(2)11(12-9(3)7-13)10-5-4-6-14-10/h4-6,8-9,11-13H,7H2,1-3H3. The summed E-state index contributed by atoms with van der Waals surface area (Å²) in [7, 11) is 0. The van der Waals surface area contributed by atoms with E-state index in [1.165, 1.54) is 4.88 Å². The molecule has 1 heterocycles. The molecule has 80 valence electrons. The van der Waals surface area contributed by atoms with Crippen molar-refractivity contribution in [3.05, 3.63) is 22.4 Å². The summed E-state index contributed by atoms with van der Waals surface area (Å²) in [5, 5.41) is 14.5. The molecule has 1 aromatic heterocycles. The lowest BCUT2D eigenvalue weighted by molar-refractivity contribution is 0.230. The van der Waals surface area contributed by atoms with Gasteiger partial charge in [-0.15, -0.1) is 11.3 Å². The van der Waals surface area contributed by atoms with E-state index in [2.05, 4.69) is 36.7 Å². The third-order valence-corrected chi connectivity index (χ3v) is 3.21. The molecule has 3 heteroatoms. The van der Waals surface area contributed by atoms with Crippen molar-refractivity contribution in [2.45, 2.75) is 32.9 Å². The lowest BCUT2D eigenvalue weighted by Crippen LogP contribution is -2.35. The van der Waals surface area contributed by atoms with E-state index in [0.717, 1.165) is 0 Å². The molecule has 0 saturated heterocycles. The molecule has 0 radical (unpaired) electrons. The summed E-state index contributed by atoms with van der Waals surface area (Å²) in [6.07, 6.45) is 0. The quantitative estimate of drug-likeness (QED) is 0.787. The Morgan fingerprint density at radius 1 is 1.43 bits per heavy atom. The van der Waals surface area contributed by atoms with Crippen molar-refractivity contribution in [2.75, 3.05) is 6.61 Å². The Morgan fingerprint density at radius 2 is 2.14 bits per heavy atom. The Balaban J connectivity index is 2.66. The Labute approximate surface area is 90.0 Å². The molecule has 1 rings (SSSR count). The van der Waals surface area contributed by atoms with Gasteiger partial charge < -0.3 is 10.4 Å². The summed E-state index contributed by atoms with van der Waals surface area (Å²) in [4.78, 5) is 1.35. The van der Waals surface area contributed by atoms with E-state index in [4.69, 9.17) is 5.11 Å². The van der Waals surface area contributed by atoms with Gasteiger partial charge in [0.1, 0.15) is 0 Å². The van der Waals surface area contributed by atoms with Crippen LogP contribution in [0.25, 0.3) is 0 Å². The minimum absolute atomic E-state index is 0.157. The van der Waals surface area contributed by atoms with E-state index < -0.39 is 0 Å². The molecule has 2 unspecified atom stereocenters. The molecule has 0 spiro atoms. The molecule has 0 aliphatic rings. The van der Waals surface area contributed by atoms with E-state index in [9.17, 15) is 0 Å². The van der Waals surface area contributed by atoms with Crippen molar-refractivity contribution < 1.29 is 5.11 Å². The maximum Gasteiger partial charge on any atom is 0.0582 e. The number of aliphatic hydroxyl groups is 1. The molecule has 14 heavy (non-hydrogen) atoms. The van der Waals surface area contributed by atoms with Crippen LogP contribution in [0.1, 0.15) is 31.7 Å². The van der Waals surface area contributed by atoms with Crippen molar-refractivity contribution in [1.82, 2.24) is 5.32 Å². The van der Waals surface area contributed by atoms with Crippen LogP contribution in [0.5, 0.6) is 0 Å². The maximum atomic E-state index is 9.00. The first kappa shape index (κ1) is 11.7. The van der Waals surface area contributed by atoms with Crippen LogP contribution < -0.4 is 5.32 Å². The van der Waals surface area contributed by atoms with E-state index >= 15 is 0 Å². The van der Waals surface area contributed by atoms with Crippen LogP contribution in [-0.2, 0) is 0 Å². The van der Waals surface area contributed by atoms with Crippen molar-refractivity contribution in [3.63, 3.8) is 0 Å². The highest BCUT2D eigenvalue weighted by Gasteiger charge is 2.18. The lowest BCUT2D eigenvalue weighted by Gasteiger charge is -2.24. The second-order valence-corrected chi connectivity index (χ2v) is 4.97. The smallest absolute Gasteiger partial charge is 0.0582 e. The topological polar surface area (TPSA) is 32.3 Å². The largest absolute Gasteiger partial charge is 0.395 e. The van der Waals surface area contributed by atoms with Gasteiger partial charge in [0.15, 0.2) is 0 Å². The molecule has 2 nitrogen and oxygen atoms in total. The molecule has 1 aromatic rings. The molecule has 0 amide bonds.